The summed E-state index contributed by atoms with van der Waals surface area (Å²) in [6, 6.07) is 18.5. The van der Waals surface area contributed by atoms with Gasteiger partial charge in [-0.25, -0.2) is 0 Å². The normalized spacial score (nSPS) is 20.1. The summed E-state index contributed by atoms with van der Waals surface area (Å²) in [5.74, 6) is -0.168. The van der Waals surface area contributed by atoms with E-state index in [0.717, 1.165) is 5.56 Å². The maximum Gasteiger partial charge on any atom is 0.262 e. The van der Waals surface area contributed by atoms with Crippen LogP contribution in [0.15, 0.2) is 66.9 Å². The van der Waals surface area contributed by atoms with Gasteiger partial charge in [0, 0.05) is 18.2 Å². The number of benzene rings is 2. The molecule has 2 aromatic carbocycles. The average molecular weight is 324 g/mol. The predicted molar refractivity (Wildman–Crippen MR) is 92.3 cm³/mol. The third kappa shape index (κ3) is 3.38. The first-order chi connectivity index (χ1) is 11.6. The van der Waals surface area contributed by atoms with Crippen LogP contribution in [0.1, 0.15) is 15.9 Å². The molecular formula is C19H20N2O3. The summed E-state index contributed by atoms with van der Waals surface area (Å²) < 4.78 is 4.44. The highest BCUT2D eigenvalue weighted by atomic mass is 16.6. The lowest BCUT2D eigenvalue weighted by molar-refractivity contribution is -0.830. The fourth-order valence-corrected chi connectivity index (χ4v) is 2.78. The molecular weight excluding hydrogens is 304 g/mol. The Morgan fingerprint density at radius 3 is 2.38 bits per heavy atom. The third-order valence-corrected chi connectivity index (χ3v) is 4.04. The van der Waals surface area contributed by atoms with Crippen LogP contribution in [0.4, 0.5) is 0 Å². The number of hydroxylamine groups is 3. The second-order valence-corrected chi connectivity index (χ2v) is 5.79. The van der Waals surface area contributed by atoms with Crippen LogP contribution in [-0.2, 0) is 4.74 Å². The zero-order valence-corrected chi connectivity index (χ0v) is 13.6. The number of rotatable bonds is 5. The molecule has 0 radical (unpaired) electrons. The Morgan fingerprint density at radius 2 is 1.75 bits per heavy atom. The van der Waals surface area contributed by atoms with Crippen molar-refractivity contribution < 1.29 is 14.2 Å². The highest BCUT2D eigenvalue weighted by Crippen LogP contribution is 2.31. The quantitative estimate of drug-likeness (QED) is 0.627. The lowest BCUT2D eigenvalue weighted by atomic mass is 10.1. The van der Waals surface area contributed by atoms with Gasteiger partial charge in [-0.3, -0.25) is 9.69 Å². The Bertz CT molecular complexity index is 731. The first-order valence-corrected chi connectivity index (χ1v) is 7.85. The van der Waals surface area contributed by atoms with E-state index in [1.54, 1.807) is 30.3 Å². The number of carbonyl (C=O) groups excluding carboxylic acids is 1. The minimum absolute atomic E-state index is 0.0569. The number of methoxy groups -OCH3 is 1. The van der Waals surface area contributed by atoms with E-state index in [0.29, 0.717) is 17.9 Å². The zero-order valence-electron chi connectivity index (χ0n) is 13.6. The largest absolute Gasteiger partial charge is 0.626 e. The molecule has 5 nitrogen and oxygen atoms in total. The predicted octanol–water partition coefficient (Wildman–Crippen LogP) is 3.06. The standard InChI is InChI=1S/C19H20N2O3/c1-24-13-12-21(23)14-18(16-8-4-2-5-9-16)20(15-21)19(22)17-10-6-3-7-11-17/h2-11,14H,12-13,15H2,1H3. The van der Waals surface area contributed by atoms with E-state index < -0.39 is 4.65 Å². The fourth-order valence-electron chi connectivity index (χ4n) is 2.78. The van der Waals surface area contributed by atoms with Crippen molar-refractivity contribution in [1.82, 2.24) is 4.90 Å². The Balaban J connectivity index is 1.95. The van der Waals surface area contributed by atoms with Crippen molar-refractivity contribution in [3.05, 3.63) is 83.2 Å². The van der Waals surface area contributed by atoms with Crippen LogP contribution < -0.4 is 0 Å². The molecule has 1 unspecified atom stereocenters. The Hall–Kier alpha value is -2.47. The molecule has 1 amide bonds. The van der Waals surface area contributed by atoms with Gasteiger partial charge in [0.25, 0.3) is 5.91 Å². The molecule has 2 aromatic rings. The van der Waals surface area contributed by atoms with Crippen LogP contribution >= 0.6 is 0 Å². The minimum atomic E-state index is -0.601. The van der Waals surface area contributed by atoms with E-state index in [-0.39, 0.29) is 19.1 Å². The smallest absolute Gasteiger partial charge is 0.262 e. The van der Waals surface area contributed by atoms with Gasteiger partial charge in [0.05, 0.1) is 6.61 Å². The highest BCUT2D eigenvalue weighted by molar-refractivity contribution is 5.99. The molecule has 1 aliphatic rings. The SMILES string of the molecule is COCC[N+]1([O-])C=C(c2ccccc2)N(C(=O)c2ccccc2)C1. The van der Waals surface area contributed by atoms with Crippen molar-refractivity contribution in [2.24, 2.45) is 0 Å². The number of hydrogen-bond donors (Lipinski definition) is 0. The van der Waals surface area contributed by atoms with Crippen LogP contribution in [0.5, 0.6) is 0 Å². The van der Waals surface area contributed by atoms with Gasteiger partial charge in [0.1, 0.15) is 18.4 Å². The highest BCUT2D eigenvalue weighted by Gasteiger charge is 2.35. The number of hydrogen-bond acceptors (Lipinski definition) is 3. The second kappa shape index (κ2) is 6.97. The van der Waals surface area contributed by atoms with Crippen LogP contribution in [0.3, 0.4) is 0 Å². The molecule has 0 bridgehead atoms. The first-order valence-electron chi connectivity index (χ1n) is 7.85. The van der Waals surface area contributed by atoms with E-state index in [1.165, 1.54) is 0 Å². The summed E-state index contributed by atoms with van der Waals surface area (Å²) in [6.45, 7) is 0.669. The van der Waals surface area contributed by atoms with Crippen molar-refractivity contribution in [3.63, 3.8) is 0 Å². The fraction of sp³-hybridized carbons (Fsp3) is 0.211. The van der Waals surface area contributed by atoms with Crippen molar-refractivity contribution in [3.8, 4) is 0 Å². The van der Waals surface area contributed by atoms with Gasteiger partial charge < -0.3 is 14.6 Å². The molecule has 124 valence electrons. The summed E-state index contributed by atoms with van der Waals surface area (Å²) in [6.07, 6.45) is 1.61. The molecule has 0 N–H and O–H groups in total. The summed E-state index contributed by atoms with van der Waals surface area (Å²) in [5, 5.41) is 13.0. The molecule has 0 saturated carbocycles. The molecule has 0 aliphatic carbocycles. The Morgan fingerprint density at radius 1 is 1.12 bits per heavy atom. The summed E-state index contributed by atoms with van der Waals surface area (Å²) in [7, 11) is 1.57. The van der Waals surface area contributed by atoms with Gasteiger partial charge in [-0.1, -0.05) is 48.5 Å². The molecule has 1 heterocycles. The molecule has 24 heavy (non-hydrogen) atoms. The van der Waals surface area contributed by atoms with E-state index in [4.69, 9.17) is 4.74 Å². The van der Waals surface area contributed by atoms with Crippen molar-refractivity contribution in [2.45, 2.75) is 0 Å². The van der Waals surface area contributed by atoms with Gasteiger partial charge in [-0.2, -0.15) is 0 Å². The maximum atomic E-state index is 13.0. The summed E-state index contributed by atoms with van der Waals surface area (Å²) in [4.78, 5) is 14.5. The molecule has 0 saturated heterocycles. The van der Waals surface area contributed by atoms with E-state index in [9.17, 15) is 10.0 Å². The van der Waals surface area contributed by atoms with Crippen LogP contribution in [-0.4, -0.2) is 42.4 Å². The van der Waals surface area contributed by atoms with Gasteiger partial charge in [0.15, 0.2) is 6.67 Å². The van der Waals surface area contributed by atoms with E-state index in [1.807, 2.05) is 48.5 Å². The van der Waals surface area contributed by atoms with Crippen LogP contribution in [0, 0.1) is 5.21 Å². The Kier molecular flexibility index (Phi) is 4.76. The number of nitrogens with zero attached hydrogens (tertiary/aromatic N) is 2. The van der Waals surface area contributed by atoms with Gasteiger partial charge >= 0.3 is 0 Å². The van der Waals surface area contributed by atoms with Gasteiger partial charge in [-0.05, 0) is 12.1 Å². The molecule has 5 heteroatoms. The minimum Gasteiger partial charge on any atom is -0.626 e. The van der Waals surface area contributed by atoms with Gasteiger partial charge in [-0.15, -0.1) is 0 Å². The topological polar surface area (TPSA) is 52.6 Å². The van der Waals surface area contributed by atoms with E-state index >= 15 is 0 Å². The van der Waals surface area contributed by atoms with Crippen LogP contribution in [0.2, 0.25) is 0 Å². The zero-order chi connectivity index (χ0) is 17.0. The molecule has 1 aliphatic heterocycles. The average Bonchev–Trinajstić information content (AvgIpc) is 2.99. The van der Waals surface area contributed by atoms with Crippen LogP contribution in [0.25, 0.3) is 5.70 Å². The maximum absolute atomic E-state index is 13.0. The summed E-state index contributed by atoms with van der Waals surface area (Å²) in [5.41, 5.74) is 2.07. The second-order valence-electron chi connectivity index (χ2n) is 5.79. The summed E-state index contributed by atoms with van der Waals surface area (Å²) >= 11 is 0. The molecule has 1 atom stereocenters. The first kappa shape index (κ1) is 16.4. The molecule has 0 fully saturated rings. The monoisotopic (exact) mass is 324 g/mol. The lowest BCUT2D eigenvalue weighted by Gasteiger charge is -2.35. The van der Waals surface area contributed by atoms with E-state index in [2.05, 4.69) is 0 Å². The van der Waals surface area contributed by atoms with Crippen molar-refractivity contribution in [2.75, 3.05) is 26.9 Å². The lowest BCUT2D eigenvalue weighted by Crippen LogP contribution is -2.43. The molecule has 0 spiro atoms. The number of carbonyl (C=O) groups is 1. The molecule has 3 rings (SSSR count). The molecule has 0 aromatic heterocycles. The number of quaternary nitrogens is 1. The van der Waals surface area contributed by atoms with Crippen molar-refractivity contribution >= 4 is 11.6 Å². The number of ether oxygens (including phenoxy) is 1. The van der Waals surface area contributed by atoms with Crippen molar-refractivity contribution in [1.29, 1.82) is 0 Å². The number of amides is 1. The third-order valence-electron chi connectivity index (χ3n) is 4.04. The Labute approximate surface area is 141 Å². The van der Waals surface area contributed by atoms with Gasteiger partial charge in [0.2, 0.25) is 0 Å².